The largest absolute Gasteiger partial charge is 0.351 e. The van der Waals surface area contributed by atoms with Crippen molar-refractivity contribution in [2.75, 3.05) is 0 Å². The van der Waals surface area contributed by atoms with Crippen LogP contribution in [0.15, 0.2) is 16.7 Å². The molecule has 2 aliphatic rings. The molecule has 0 saturated heterocycles. The third kappa shape index (κ3) is 3.30. The number of hydrogen-bond acceptors (Lipinski definition) is 4. The van der Waals surface area contributed by atoms with Crippen molar-refractivity contribution in [2.45, 2.75) is 63.3 Å². The van der Waals surface area contributed by atoms with Crippen LogP contribution in [0.2, 0.25) is 0 Å². The quantitative estimate of drug-likeness (QED) is 0.887. The molecular weight excluding hydrogens is 292 g/mol. The minimum Gasteiger partial charge on any atom is -0.351 e. The lowest BCUT2D eigenvalue weighted by Crippen LogP contribution is -2.22. The molecule has 2 aromatic heterocycles. The van der Waals surface area contributed by atoms with E-state index in [1.807, 2.05) is 6.07 Å². The van der Waals surface area contributed by atoms with Gasteiger partial charge in [0.2, 0.25) is 5.76 Å². The molecule has 2 aromatic rings. The molecule has 2 saturated carbocycles. The van der Waals surface area contributed by atoms with Crippen LogP contribution in [0.1, 0.15) is 84.4 Å². The molecule has 2 heterocycles. The third-order valence-corrected chi connectivity index (χ3v) is 4.86. The number of aromatic nitrogens is 3. The van der Waals surface area contributed by atoms with E-state index in [2.05, 4.69) is 20.7 Å². The fourth-order valence-corrected chi connectivity index (χ4v) is 3.31. The molecule has 2 fully saturated rings. The molecule has 0 spiro atoms. The average Bonchev–Trinajstić information content (AvgIpc) is 3.14. The monoisotopic (exact) mass is 314 g/mol. The summed E-state index contributed by atoms with van der Waals surface area (Å²) >= 11 is 0. The summed E-state index contributed by atoms with van der Waals surface area (Å²) in [5, 5.41) is 14.2. The lowest BCUT2D eigenvalue weighted by atomic mass is 9.87. The molecular formula is C17H22N4O2. The second-order valence-electron chi connectivity index (χ2n) is 6.73. The number of H-pyrrole nitrogens is 1. The molecule has 1 amide bonds. The first-order valence-corrected chi connectivity index (χ1v) is 8.58. The summed E-state index contributed by atoms with van der Waals surface area (Å²) in [5.74, 6) is 1.14. The zero-order valence-corrected chi connectivity index (χ0v) is 13.2. The Labute approximate surface area is 135 Å². The van der Waals surface area contributed by atoms with Gasteiger partial charge >= 0.3 is 0 Å². The summed E-state index contributed by atoms with van der Waals surface area (Å²) < 4.78 is 5.23. The summed E-state index contributed by atoms with van der Waals surface area (Å²) in [6.45, 7) is 0.429. The van der Waals surface area contributed by atoms with Crippen LogP contribution < -0.4 is 5.32 Å². The lowest BCUT2D eigenvalue weighted by molar-refractivity contribution is 0.0913. The standard InChI is InChI=1S/C17H22N4O2/c22-17(18-10-13-8-14(20-19-13)12-6-7-12)16-9-15(21-23-16)11-4-2-1-3-5-11/h8-9,11-12H,1-7,10H2,(H,18,22)(H,19,20). The number of amides is 1. The van der Waals surface area contributed by atoms with E-state index in [1.54, 1.807) is 6.07 Å². The van der Waals surface area contributed by atoms with Crippen LogP contribution in [0, 0.1) is 0 Å². The molecule has 0 aliphatic heterocycles. The number of carbonyl (C=O) groups is 1. The van der Waals surface area contributed by atoms with Crippen LogP contribution in [0.5, 0.6) is 0 Å². The maximum atomic E-state index is 12.2. The molecule has 0 unspecified atom stereocenters. The Bertz CT molecular complexity index is 680. The van der Waals surface area contributed by atoms with Gasteiger partial charge in [-0.1, -0.05) is 24.4 Å². The summed E-state index contributed by atoms with van der Waals surface area (Å²) in [6.07, 6.45) is 8.51. The van der Waals surface area contributed by atoms with Crippen molar-refractivity contribution in [3.05, 3.63) is 35.0 Å². The summed E-state index contributed by atoms with van der Waals surface area (Å²) in [4.78, 5) is 12.2. The molecule has 2 aliphatic carbocycles. The van der Waals surface area contributed by atoms with Crippen molar-refractivity contribution >= 4 is 5.91 Å². The SMILES string of the molecule is O=C(NCc1cc(C2CC2)n[nH]1)c1cc(C2CCCCC2)no1. The predicted octanol–water partition coefficient (Wildman–Crippen LogP) is 3.25. The third-order valence-electron chi connectivity index (χ3n) is 4.86. The number of nitrogens with zero attached hydrogens (tertiary/aromatic N) is 2. The number of carbonyl (C=O) groups excluding carboxylic acids is 1. The lowest BCUT2D eigenvalue weighted by Gasteiger charge is -2.18. The number of aromatic amines is 1. The van der Waals surface area contributed by atoms with E-state index in [0.717, 1.165) is 29.9 Å². The Hall–Kier alpha value is -2.11. The molecule has 0 bridgehead atoms. The van der Waals surface area contributed by atoms with Gasteiger partial charge in [0.25, 0.3) is 5.91 Å². The Morgan fingerprint density at radius 2 is 1.91 bits per heavy atom. The molecule has 6 heteroatoms. The van der Waals surface area contributed by atoms with Crippen LogP contribution in [-0.2, 0) is 6.54 Å². The molecule has 0 radical (unpaired) electrons. The van der Waals surface area contributed by atoms with Gasteiger partial charge in [0.15, 0.2) is 0 Å². The van der Waals surface area contributed by atoms with Crippen molar-refractivity contribution < 1.29 is 9.32 Å². The van der Waals surface area contributed by atoms with Crippen LogP contribution in [-0.4, -0.2) is 21.3 Å². The van der Waals surface area contributed by atoms with Crippen molar-refractivity contribution in [1.29, 1.82) is 0 Å². The molecule has 0 atom stereocenters. The van der Waals surface area contributed by atoms with Gasteiger partial charge in [0.05, 0.1) is 23.6 Å². The first-order valence-electron chi connectivity index (χ1n) is 8.58. The number of hydrogen-bond donors (Lipinski definition) is 2. The Morgan fingerprint density at radius 1 is 1.13 bits per heavy atom. The molecule has 23 heavy (non-hydrogen) atoms. The fraction of sp³-hybridized carbons (Fsp3) is 0.588. The van der Waals surface area contributed by atoms with Crippen molar-refractivity contribution in [1.82, 2.24) is 20.7 Å². The van der Waals surface area contributed by atoms with E-state index in [4.69, 9.17) is 4.52 Å². The first-order chi connectivity index (χ1) is 11.3. The van der Waals surface area contributed by atoms with Gasteiger partial charge in [0, 0.05) is 17.9 Å². The van der Waals surface area contributed by atoms with Gasteiger partial charge < -0.3 is 9.84 Å². The van der Waals surface area contributed by atoms with Gasteiger partial charge in [-0.25, -0.2) is 0 Å². The van der Waals surface area contributed by atoms with Gasteiger partial charge in [-0.3, -0.25) is 9.89 Å². The minimum atomic E-state index is -0.220. The Kier molecular flexibility index (Phi) is 3.89. The second kappa shape index (κ2) is 6.18. The van der Waals surface area contributed by atoms with Crippen LogP contribution in [0.4, 0.5) is 0 Å². The summed E-state index contributed by atoms with van der Waals surface area (Å²) in [5.41, 5.74) is 2.95. The fourth-order valence-electron chi connectivity index (χ4n) is 3.31. The molecule has 122 valence electrons. The van der Waals surface area contributed by atoms with Gasteiger partial charge in [-0.2, -0.15) is 5.10 Å². The van der Waals surface area contributed by atoms with E-state index in [9.17, 15) is 4.79 Å². The van der Waals surface area contributed by atoms with Gasteiger partial charge in [-0.15, -0.1) is 0 Å². The van der Waals surface area contributed by atoms with E-state index in [0.29, 0.717) is 24.1 Å². The van der Waals surface area contributed by atoms with E-state index >= 15 is 0 Å². The van der Waals surface area contributed by atoms with Crippen LogP contribution in [0.3, 0.4) is 0 Å². The van der Waals surface area contributed by atoms with E-state index in [1.165, 1.54) is 32.1 Å². The molecule has 0 aromatic carbocycles. The Balaban J connectivity index is 1.33. The van der Waals surface area contributed by atoms with Crippen LogP contribution >= 0.6 is 0 Å². The van der Waals surface area contributed by atoms with E-state index in [-0.39, 0.29) is 5.91 Å². The highest BCUT2D eigenvalue weighted by molar-refractivity contribution is 5.91. The van der Waals surface area contributed by atoms with Gasteiger partial charge in [0.1, 0.15) is 0 Å². The summed E-state index contributed by atoms with van der Waals surface area (Å²) in [6, 6.07) is 3.83. The molecule has 2 N–H and O–H groups in total. The van der Waals surface area contributed by atoms with Crippen molar-refractivity contribution in [2.24, 2.45) is 0 Å². The van der Waals surface area contributed by atoms with Crippen LogP contribution in [0.25, 0.3) is 0 Å². The minimum absolute atomic E-state index is 0.220. The highest BCUT2D eigenvalue weighted by Crippen LogP contribution is 2.39. The summed E-state index contributed by atoms with van der Waals surface area (Å²) in [7, 11) is 0. The molecule has 4 rings (SSSR count). The average molecular weight is 314 g/mol. The Morgan fingerprint density at radius 3 is 2.70 bits per heavy atom. The topological polar surface area (TPSA) is 83.8 Å². The van der Waals surface area contributed by atoms with Crippen molar-refractivity contribution in [3.63, 3.8) is 0 Å². The second-order valence-corrected chi connectivity index (χ2v) is 6.73. The van der Waals surface area contributed by atoms with E-state index < -0.39 is 0 Å². The highest BCUT2D eigenvalue weighted by Gasteiger charge is 2.26. The van der Waals surface area contributed by atoms with Crippen molar-refractivity contribution in [3.8, 4) is 0 Å². The predicted molar refractivity (Wildman–Crippen MR) is 84.1 cm³/mol. The normalized spacial score (nSPS) is 19.0. The maximum Gasteiger partial charge on any atom is 0.290 e. The smallest absolute Gasteiger partial charge is 0.290 e. The first kappa shape index (κ1) is 14.5. The maximum absolute atomic E-state index is 12.2. The zero-order chi connectivity index (χ0) is 15.6. The van der Waals surface area contributed by atoms with Gasteiger partial charge in [-0.05, 0) is 31.7 Å². The number of nitrogens with one attached hydrogen (secondary N) is 2. The number of rotatable bonds is 5. The zero-order valence-electron chi connectivity index (χ0n) is 13.2. The highest BCUT2D eigenvalue weighted by atomic mass is 16.5. The molecule has 6 nitrogen and oxygen atoms in total.